The molecule has 0 aliphatic carbocycles. The summed E-state index contributed by atoms with van der Waals surface area (Å²) in [5.41, 5.74) is 2.12. The molecule has 0 saturated carbocycles. The maximum atomic E-state index is 12.4. The number of fused-ring (bicyclic) bond motifs is 1. The van der Waals surface area contributed by atoms with Gasteiger partial charge in [0.2, 0.25) is 17.7 Å². The number of carbonyl (C=O) groups is 3. The summed E-state index contributed by atoms with van der Waals surface area (Å²) in [6.45, 7) is 2.31. The SMILES string of the molecule is Cn1nc(C2CCC(=O)NC2=O)c2cccc(NC(=O)CN3CCCC3)c21. The molecule has 1 unspecified atom stereocenters. The van der Waals surface area contributed by atoms with Crippen LogP contribution in [0.5, 0.6) is 0 Å². The minimum absolute atomic E-state index is 0.0480. The van der Waals surface area contributed by atoms with Gasteiger partial charge in [-0.05, 0) is 38.4 Å². The van der Waals surface area contributed by atoms with Gasteiger partial charge in [-0.15, -0.1) is 0 Å². The highest BCUT2D eigenvalue weighted by Gasteiger charge is 2.32. The Balaban J connectivity index is 1.61. The van der Waals surface area contributed by atoms with Gasteiger partial charge in [-0.2, -0.15) is 5.10 Å². The normalized spacial score (nSPS) is 20.9. The summed E-state index contributed by atoms with van der Waals surface area (Å²) in [7, 11) is 1.80. The van der Waals surface area contributed by atoms with E-state index >= 15 is 0 Å². The Morgan fingerprint density at radius 3 is 2.81 bits per heavy atom. The molecule has 1 aromatic carbocycles. The first-order valence-electron chi connectivity index (χ1n) is 9.34. The summed E-state index contributed by atoms with van der Waals surface area (Å²) in [5.74, 6) is -1.06. The van der Waals surface area contributed by atoms with Gasteiger partial charge >= 0.3 is 0 Å². The van der Waals surface area contributed by atoms with Crippen LogP contribution in [0.25, 0.3) is 10.9 Å². The Morgan fingerprint density at radius 2 is 2.07 bits per heavy atom. The number of imide groups is 1. The maximum Gasteiger partial charge on any atom is 0.238 e. The zero-order chi connectivity index (χ0) is 19.0. The van der Waals surface area contributed by atoms with Gasteiger partial charge in [-0.25, -0.2) is 0 Å². The Bertz CT molecular complexity index is 913. The van der Waals surface area contributed by atoms with E-state index in [4.69, 9.17) is 0 Å². The molecule has 2 fully saturated rings. The topological polar surface area (TPSA) is 96.3 Å². The van der Waals surface area contributed by atoms with Crippen LogP contribution in [-0.2, 0) is 21.4 Å². The molecule has 142 valence electrons. The Morgan fingerprint density at radius 1 is 1.30 bits per heavy atom. The van der Waals surface area contributed by atoms with Crippen molar-refractivity contribution in [2.24, 2.45) is 7.05 Å². The third-order valence-electron chi connectivity index (χ3n) is 5.30. The summed E-state index contributed by atoms with van der Waals surface area (Å²) in [6.07, 6.45) is 3.03. The van der Waals surface area contributed by atoms with Gasteiger partial charge < -0.3 is 5.32 Å². The molecule has 0 bridgehead atoms. The fraction of sp³-hybridized carbons (Fsp3) is 0.474. The lowest BCUT2D eigenvalue weighted by atomic mass is 9.92. The summed E-state index contributed by atoms with van der Waals surface area (Å²) in [4.78, 5) is 38.3. The zero-order valence-corrected chi connectivity index (χ0v) is 15.3. The molecule has 0 radical (unpaired) electrons. The highest BCUT2D eigenvalue weighted by atomic mass is 16.2. The standard InChI is InChI=1S/C19H23N5O3/c1-23-18-12(17(22-23)13-7-8-15(25)21-19(13)27)5-4-6-14(18)20-16(26)11-24-9-2-3-10-24/h4-6,13H,2-3,7-11H2,1H3,(H,20,26)(H,21,25,27). The minimum atomic E-state index is -0.457. The summed E-state index contributed by atoms with van der Waals surface area (Å²) in [6, 6.07) is 5.60. The van der Waals surface area contributed by atoms with E-state index in [9.17, 15) is 14.4 Å². The lowest BCUT2D eigenvalue weighted by Gasteiger charge is -2.19. The highest BCUT2D eigenvalue weighted by molar-refractivity contribution is 6.05. The molecule has 27 heavy (non-hydrogen) atoms. The van der Waals surface area contributed by atoms with E-state index in [0.29, 0.717) is 30.8 Å². The molecule has 2 aliphatic rings. The number of carbonyl (C=O) groups excluding carboxylic acids is 3. The third kappa shape index (κ3) is 3.44. The predicted molar refractivity (Wildman–Crippen MR) is 100 cm³/mol. The number of rotatable bonds is 4. The number of benzene rings is 1. The first-order chi connectivity index (χ1) is 13.0. The van der Waals surface area contributed by atoms with E-state index in [0.717, 1.165) is 36.8 Å². The largest absolute Gasteiger partial charge is 0.323 e. The monoisotopic (exact) mass is 369 g/mol. The van der Waals surface area contributed by atoms with Gasteiger partial charge in [-0.3, -0.25) is 29.3 Å². The van der Waals surface area contributed by atoms with E-state index in [1.165, 1.54) is 0 Å². The molecule has 1 aromatic heterocycles. The molecular formula is C19H23N5O3. The van der Waals surface area contributed by atoms with E-state index in [2.05, 4.69) is 20.6 Å². The van der Waals surface area contributed by atoms with Crippen LogP contribution in [0.3, 0.4) is 0 Å². The molecule has 2 N–H and O–H groups in total. The molecule has 8 heteroatoms. The number of piperidine rings is 1. The Hall–Kier alpha value is -2.74. The van der Waals surface area contributed by atoms with Crippen LogP contribution in [0, 0.1) is 0 Å². The van der Waals surface area contributed by atoms with Gasteiger partial charge in [-0.1, -0.05) is 12.1 Å². The number of amides is 3. The number of hydrogen-bond donors (Lipinski definition) is 2. The fourth-order valence-electron chi connectivity index (χ4n) is 4.01. The van der Waals surface area contributed by atoms with Crippen LogP contribution < -0.4 is 10.6 Å². The van der Waals surface area contributed by atoms with Gasteiger partial charge in [0.15, 0.2) is 0 Å². The first kappa shape index (κ1) is 17.7. The van der Waals surface area contributed by atoms with Crippen LogP contribution in [0.15, 0.2) is 18.2 Å². The van der Waals surface area contributed by atoms with Crippen LogP contribution in [0.4, 0.5) is 5.69 Å². The number of nitrogens with one attached hydrogen (secondary N) is 2. The zero-order valence-electron chi connectivity index (χ0n) is 15.3. The summed E-state index contributed by atoms with van der Waals surface area (Å²) in [5, 5.41) is 10.7. The second-order valence-corrected chi connectivity index (χ2v) is 7.25. The van der Waals surface area contributed by atoms with E-state index in [-0.39, 0.29) is 17.7 Å². The van der Waals surface area contributed by atoms with Crippen LogP contribution in [0.1, 0.15) is 37.3 Å². The number of nitrogens with zero attached hydrogens (tertiary/aromatic N) is 3. The van der Waals surface area contributed by atoms with Crippen molar-refractivity contribution in [3.63, 3.8) is 0 Å². The van der Waals surface area contributed by atoms with Crippen LogP contribution in [-0.4, -0.2) is 52.0 Å². The summed E-state index contributed by atoms with van der Waals surface area (Å²) < 4.78 is 1.69. The van der Waals surface area contributed by atoms with Crippen molar-refractivity contribution < 1.29 is 14.4 Å². The van der Waals surface area contributed by atoms with Crippen molar-refractivity contribution in [2.75, 3.05) is 25.0 Å². The Kier molecular flexibility index (Phi) is 4.65. The second-order valence-electron chi connectivity index (χ2n) is 7.25. The van der Waals surface area contributed by atoms with Gasteiger partial charge in [0.25, 0.3) is 0 Å². The van der Waals surface area contributed by atoms with Crippen molar-refractivity contribution in [2.45, 2.75) is 31.6 Å². The minimum Gasteiger partial charge on any atom is -0.323 e. The lowest BCUT2D eigenvalue weighted by Crippen LogP contribution is -2.39. The first-order valence-corrected chi connectivity index (χ1v) is 9.34. The van der Waals surface area contributed by atoms with Crippen LogP contribution in [0.2, 0.25) is 0 Å². The molecule has 0 spiro atoms. The van der Waals surface area contributed by atoms with Crippen molar-refractivity contribution in [1.29, 1.82) is 0 Å². The van der Waals surface area contributed by atoms with Crippen molar-refractivity contribution >= 4 is 34.3 Å². The number of aryl methyl sites for hydroxylation is 1. The number of aromatic nitrogens is 2. The van der Waals surface area contributed by atoms with Gasteiger partial charge in [0.1, 0.15) is 0 Å². The molecule has 1 atom stereocenters. The third-order valence-corrected chi connectivity index (χ3v) is 5.30. The average Bonchev–Trinajstić information content (AvgIpc) is 3.24. The smallest absolute Gasteiger partial charge is 0.238 e. The number of para-hydroxylation sites is 1. The molecule has 3 amide bonds. The van der Waals surface area contributed by atoms with Crippen molar-refractivity contribution in [3.8, 4) is 0 Å². The molecule has 2 saturated heterocycles. The van der Waals surface area contributed by atoms with E-state index in [1.54, 1.807) is 11.7 Å². The predicted octanol–water partition coefficient (Wildman–Crippen LogP) is 1.13. The Labute approximate surface area is 156 Å². The molecule has 4 rings (SSSR count). The molecular weight excluding hydrogens is 346 g/mol. The maximum absolute atomic E-state index is 12.4. The molecule has 3 heterocycles. The molecule has 8 nitrogen and oxygen atoms in total. The van der Waals surface area contributed by atoms with Crippen LogP contribution >= 0.6 is 0 Å². The summed E-state index contributed by atoms with van der Waals surface area (Å²) >= 11 is 0. The number of anilines is 1. The van der Waals surface area contributed by atoms with Gasteiger partial charge in [0, 0.05) is 18.9 Å². The molecule has 2 aliphatic heterocycles. The quantitative estimate of drug-likeness (QED) is 0.788. The van der Waals surface area contributed by atoms with E-state index in [1.807, 2.05) is 18.2 Å². The fourth-order valence-corrected chi connectivity index (χ4v) is 4.01. The second kappa shape index (κ2) is 7.11. The number of likely N-dealkylation sites (tertiary alicyclic amines) is 1. The van der Waals surface area contributed by atoms with E-state index < -0.39 is 5.92 Å². The molecule has 2 aromatic rings. The van der Waals surface area contributed by atoms with Gasteiger partial charge in [0.05, 0.1) is 29.4 Å². The van der Waals surface area contributed by atoms with Crippen molar-refractivity contribution in [3.05, 3.63) is 23.9 Å². The lowest BCUT2D eigenvalue weighted by molar-refractivity contribution is -0.134. The van der Waals surface area contributed by atoms with Crippen molar-refractivity contribution in [1.82, 2.24) is 20.0 Å². The highest BCUT2D eigenvalue weighted by Crippen LogP contribution is 2.33. The number of hydrogen-bond acceptors (Lipinski definition) is 5. The average molecular weight is 369 g/mol.